The third-order valence-electron chi connectivity index (χ3n) is 2.54. The molecule has 0 aliphatic heterocycles. The number of ether oxygens (including phenoxy) is 1. The summed E-state index contributed by atoms with van der Waals surface area (Å²) in [7, 11) is 0. The van der Waals surface area contributed by atoms with Crippen molar-refractivity contribution in [3.05, 3.63) is 0 Å². The van der Waals surface area contributed by atoms with Crippen LogP contribution >= 0.6 is 0 Å². The van der Waals surface area contributed by atoms with Gasteiger partial charge in [-0.3, -0.25) is 10.1 Å². The normalized spacial score (nSPS) is 17.2. The molecule has 2 atom stereocenters. The summed E-state index contributed by atoms with van der Waals surface area (Å²) in [5, 5.41) is 12.3. The predicted octanol–water partition coefficient (Wildman–Crippen LogP) is 2.28. The summed E-state index contributed by atoms with van der Waals surface area (Å²) in [6.45, 7) is 12.0. The largest absolute Gasteiger partial charge is 0.480 e. The van der Waals surface area contributed by atoms with E-state index in [4.69, 9.17) is 4.74 Å². The Bertz CT molecular complexity index is 241. The zero-order valence-corrected chi connectivity index (χ0v) is 11.9. The molecule has 0 aromatic rings. The molecular formula is C13H27NO3. The van der Waals surface area contributed by atoms with E-state index in [0.717, 1.165) is 6.42 Å². The molecule has 17 heavy (non-hydrogen) atoms. The maximum absolute atomic E-state index is 11.2. The molecule has 2 unspecified atom stereocenters. The van der Waals surface area contributed by atoms with Gasteiger partial charge in [-0.15, -0.1) is 0 Å². The number of nitrogens with one attached hydrogen (secondary N) is 1. The molecule has 0 amide bonds. The molecule has 2 N–H and O–H groups in total. The molecular weight excluding hydrogens is 218 g/mol. The van der Waals surface area contributed by atoms with Crippen molar-refractivity contribution in [3.63, 3.8) is 0 Å². The molecule has 0 aliphatic rings. The lowest BCUT2D eigenvalue weighted by molar-refractivity contribution is -0.148. The number of hydrogen-bond donors (Lipinski definition) is 2. The van der Waals surface area contributed by atoms with Crippen LogP contribution in [0, 0.1) is 5.92 Å². The molecule has 4 nitrogen and oxygen atoms in total. The monoisotopic (exact) mass is 245 g/mol. The zero-order valence-electron chi connectivity index (χ0n) is 11.9. The maximum Gasteiger partial charge on any atom is 0.326 e. The minimum Gasteiger partial charge on any atom is -0.480 e. The van der Waals surface area contributed by atoms with E-state index >= 15 is 0 Å². The molecule has 0 fully saturated rings. The lowest BCUT2D eigenvalue weighted by atomic mass is 10.0. The molecule has 0 saturated carbocycles. The first-order valence-electron chi connectivity index (χ1n) is 6.30. The van der Waals surface area contributed by atoms with E-state index in [1.165, 1.54) is 0 Å². The van der Waals surface area contributed by atoms with Crippen molar-refractivity contribution >= 4 is 5.97 Å². The van der Waals surface area contributed by atoms with Crippen molar-refractivity contribution in [2.45, 2.75) is 65.6 Å². The average molecular weight is 245 g/mol. The number of rotatable bonds is 8. The van der Waals surface area contributed by atoms with Crippen LogP contribution in [-0.4, -0.2) is 35.4 Å². The van der Waals surface area contributed by atoms with E-state index in [9.17, 15) is 9.90 Å². The van der Waals surface area contributed by atoms with Crippen LogP contribution in [0.1, 0.15) is 48.0 Å². The third kappa shape index (κ3) is 6.64. The minimum absolute atomic E-state index is 0.0858. The van der Waals surface area contributed by atoms with Crippen LogP contribution in [0.15, 0.2) is 0 Å². The van der Waals surface area contributed by atoms with E-state index in [1.807, 2.05) is 20.8 Å². The molecule has 0 spiro atoms. The number of aliphatic carboxylic acids is 1. The fraction of sp³-hybridized carbons (Fsp3) is 0.923. The molecule has 4 heteroatoms. The van der Waals surface area contributed by atoms with Crippen LogP contribution < -0.4 is 5.32 Å². The van der Waals surface area contributed by atoms with Crippen LogP contribution in [0.5, 0.6) is 0 Å². The summed E-state index contributed by atoms with van der Waals surface area (Å²) >= 11 is 0. The third-order valence-corrected chi connectivity index (χ3v) is 2.54. The summed E-state index contributed by atoms with van der Waals surface area (Å²) in [4.78, 5) is 11.2. The zero-order chi connectivity index (χ0) is 13.6. The number of carboxylic acid groups (broad SMARTS) is 1. The summed E-state index contributed by atoms with van der Waals surface area (Å²) < 4.78 is 5.64. The lowest BCUT2D eigenvalue weighted by Gasteiger charge is -2.30. The molecule has 0 rings (SSSR count). The summed E-state index contributed by atoms with van der Waals surface area (Å²) in [5.41, 5.74) is -1.01. The van der Waals surface area contributed by atoms with Crippen molar-refractivity contribution in [2.24, 2.45) is 5.92 Å². The Hall–Kier alpha value is -0.610. The van der Waals surface area contributed by atoms with Crippen molar-refractivity contribution in [1.82, 2.24) is 5.32 Å². The Kier molecular flexibility index (Phi) is 6.72. The molecule has 0 aromatic carbocycles. The number of hydrogen-bond acceptors (Lipinski definition) is 3. The standard InChI is InChI=1S/C13H27NO3/c1-9(2)7-11(5)17-8-13(6,12(15)16)14-10(3)4/h9-11,14H,7-8H2,1-6H3,(H,15,16). The number of carbonyl (C=O) groups is 1. The Morgan fingerprint density at radius 2 is 1.82 bits per heavy atom. The van der Waals surface area contributed by atoms with Gasteiger partial charge in [0, 0.05) is 6.04 Å². The van der Waals surface area contributed by atoms with Crippen LogP contribution in [-0.2, 0) is 9.53 Å². The summed E-state index contributed by atoms with van der Waals surface area (Å²) in [6, 6.07) is 0.111. The molecule has 0 radical (unpaired) electrons. The number of carboxylic acids is 1. The fourth-order valence-electron chi connectivity index (χ4n) is 1.84. The highest BCUT2D eigenvalue weighted by atomic mass is 16.5. The topological polar surface area (TPSA) is 58.6 Å². The molecule has 0 saturated heterocycles. The Morgan fingerprint density at radius 3 is 2.18 bits per heavy atom. The van der Waals surface area contributed by atoms with Gasteiger partial charge in [-0.25, -0.2) is 0 Å². The van der Waals surface area contributed by atoms with E-state index in [1.54, 1.807) is 6.92 Å². The highest BCUT2D eigenvalue weighted by Crippen LogP contribution is 2.12. The first-order chi connectivity index (χ1) is 7.67. The fourth-order valence-corrected chi connectivity index (χ4v) is 1.84. The molecule has 0 bridgehead atoms. The Morgan fingerprint density at radius 1 is 1.29 bits per heavy atom. The van der Waals surface area contributed by atoms with Crippen molar-refractivity contribution < 1.29 is 14.6 Å². The van der Waals surface area contributed by atoms with Crippen LogP contribution in [0.4, 0.5) is 0 Å². The van der Waals surface area contributed by atoms with Gasteiger partial charge in [0.1, 0.15) is 5.54 Å². The molecule has 102 valence electrons. The predicted molar refractivity (Wildman–Crippen MR) is 69.2 cm³/mol. The second kappa shape index (κ2) is 6.97. The first-order valence-corrected chi connectivity index (χ1v) is 6.30. The average Bonchev–Trinajstić information content (AvgIpc) is 2.12. The van der Waals surface area contributed by atoms with Gasteiger partial charge < -0.3 is 9.84 Å². The SMILES string of the molecule is CC(C)CC(C)OCC(C)(NC(C)C)C(=O)O. The van der Waals surface area contributed by atoms with E-state index in [2.05, 4.69) is 19.2 Å². The summed E-state index contributed by atoms with van der Waals surface area (Å²) in [6.07, 6.45) is 1.03. The van der Waals surface area contributed by atoms with Gasteiger partial charge in [-0.2, -0.15) is 0 Å². The van der Waals surface area contributed by atoms with Gasteiger partial charge >= 0.3 is 5.97 Å². The van der Waals surface area contributed by atoms with Crippen LogP contribution in [0.25, 0.3) is 0 Å². The van der Waals surface area contributed by atoms with Crippen molar-refractivity contribution in [2.75, 3.05) is 6.61 Å². The van der Waals surface area contributed by atoms with E-state index in [0.29, 0.717) is 5.92 Å². The van der Waals surface area contributed by atoms with Gasteiger partial charge in [0.25, 0.3) is 0 Å². The quantitative estimate of drug-likeness (QED) is 0.689. The van der Waals surface area contributed by atoms with E-state index in [-0.39, 0.29) is 18.8 Å². The van der Waals surface area contributed by atoms with Crippen LogP contribution in [0.2, 0.25) is 0 Å². The van der Waals surface area contributed by atoms with Gasteiger partial charge in [-0.1, -0.05) is 13.8 Å². The van der Waals surface area contributed by atoms with Gasteiger partial charge in [0.2, 0.25) is 0 Å². The first kappa shape index (κ1) is 16.4. The Labute approximate surface area is 105 Å². The maximum atomic E-state index is 11.2. The van der Waals surface area contributed by atoms with Crippen molar-refractivity contribution in [1.29, 1.82) is 0 Å². The lowest BCUT2D eigenvalue weighted by Crippen LogP contribution is -2.56. The molecule has 0 heterocycles. The highest BCUT2D eigenvalue weighted by Gasteiger charge is 2.34. The van der Waals surface area contributed by atoms with Gasteiger partial charge in [-0.05, 0) is 40.0 Å². The van der Waals surface area contributed by atoms with Gasteiger partial charge in [0.05, 0.1) is 12.7 Å². The minimum atomic E-state index is -1.01. The highest BCUT2D eigenvalue weighted by molar-refractivity contribution is 5.78. The second-order valence-electron chi connectivity index (χ2n) is 5.69. The summed E-state index contributed by atoms with van der Waals surface area (Å²) in [5.74, 6) is -0.318. The second-order valence-corrected chi connectivity index (χ2v) is 5.69. The van der Waals surface area contributed by atoms with Crippen molar-refractivity contribution in [3.8, 4) is 0 Å². The van der Waals surface area contributed by atoms with E-state index < -0.39 is 11.5 Å². The molecule has 0 aliphatic carbocycles. The van der Waals surface area contributed by atoms with Crippen LogP contribution in [0.3, 0.4) is 0 Å². The van der Waals surface area contributed by atoms with Gasteiger partial charge in [0.15, 0.2) is 0 Å². The Balaban J connectivity index is 4.31. The smallest absolute Gasteiger partial charge is 0.326 e. The molecule has 0 aromatic heterocycles.